The van der Waals surface area contributed by atoms with Gasteiger partial charge in [0.15, 0.2) is 5.82 Å². The van der Waals surface area contributed by atoms with Gasteiger partial charge in [-0.1, -0.05) is 25.3 Å². The third kappa shape index (κ3) is 4.84. The molecule has 0 unspecified atom stereocenters. The van der Waals surface area contributed by atoms with Gasteiger partial charge in [0.05, 0.1) is 18.8 Å². The first-order valence-corrected chi connectivity index (χ1v) is 9.93. The van der Waals surface area contributed by atoms with E-state index in [1.165, 1.54) is 31.4 Å². The van der Waals surface area contributed by atoms with Crippen molar-refractivity contribution in [2.75, 3.05) is 19.7 Å². The maximum atomic E-state index is 13.3. The van der Waals surface area contributed by atoms with E-state index >= 15 is 0 Å². The molecular weight excluding hydrogens is 347 g/mol. The van der Waals surface area contributed by atoms with E-state index in [1.54, 1.807) is 12.1 Å². The zero-order valence-corrected chi connectivity index (χ0v) is 15.6. The molecule has 0 radical (unpaired) electrons. The van der Waals surface area contributed by atoms with Gasteiger partial charge in [0.25, 0.3) is 0 Å². The summed E-state index contributed by atoms with van der Waals surface area (Å²) in [5.41, 5.74) is 0. The van der Waals surface area contributed by atoms with Crippen molar-refractivity contribution in [1.29, 1.82) is 0 Å². The molecule has 2 aliphatic rings. The zero-order chi connectivity index (χ0) is 18.5. The molecule has 27 heavy (non-hydrogen) atoms. The summed E-state index contributed by atoms with van der Waals surface area (Å²) in [6, 6.07) is 6.56. The Morgan fingerprint density at radius 1 is 1.26 bits per heavy atom. The average molecular weight is 374 g/mol. The van der Waals surface area contributed by atoms with Crippen LogP contribution in [0.2, 0.25) is 0 Å². The minimum Gasteiger partial charge on any atom is -0.485 e. The van der Waals surface area contributed by atoms with E-state index in [-0.39, 0.29) is 18.5 Å². The molecule has 1 aliphatic carbocycles. The van der Waals surface area contributed by atoms with Crippen LogP contribution in [0.25, 0.3) is 0 Å². The van der Waals surface area contributed by atoms with E-state index < -0.39 is 0 Å². The molecule has 146 valence electrons. The van der Waals surface area contributed by atoms with Crippen LogP contribution in [0, 0.1) is 5.82 Å². The molecule has 2 fully saturated rings. The van der Waals surface area contributed by atoms with Crippen molar-refractivity contribution in [3.63, 3.8) is 0 Å². The van der Waals surface area contributed by atoms with Gasteiger partial charge >= 0.3 is 0 Å². The van der Waals surface area contributed by atoms with Crippen molar-refractivity contribution in [2.24, 2.45) is 0 Å². The van der Waals surface area contributed by atoms with Gasteiger partial charge in [-0.3, -0.25) is 0 Å². The fraction of sp³-hybridized carbons (Fsp3) is 0.600. The molecule has 1 aromatic heterocycles. The predicted molar refractivity (Wildman–Crippen MR) is 99.2 cm³/mol. The van der Waals surface area contributed by atoms with Gasteiger partial charge in [0, 0.05) is 25.6 Å². The van der Waals surface area contributed by atoms with E-state index in [0.29, 0.717) is 17.6 Å². The van der Waals surface area contributed by atoms with Gasteiger partial charge in [-0.05, 0) is 25.0 Å². The molecule has 1 saturated heterocycles. The highest BCUT2D eigenvalue weighted by molar-refractivity contribution is 5.22. The van der Waals surface area contributed by atoms with Gasteiger partial charge in [0.2, 0.25) is 0 Å². The van der Waals surface area contributed by atoms with Gasteiger partial charge < -0.3 is 14.8 Å². The molecule has 1 aliphatic heterocycles. The maximum Gasteiger partial charge on any atom is 0.188 e. The SMILES string of the molecule is Fc1cccc(OCc2nc(C[C@H]3CNCCO3)n(C3CCCCC3)n2)c1. The van der Waals surface area contributed by atoms with Crippen LogP contribution in [0.15, 0.2) is 24.3 Å². The lowest BCUT2D eigenvalue weighted by Crippen LogP contribution is -2.40. The summed E-state index contributed by atoms with van der Waals surface area (Å²) in [4.78, 5) is 4.74. The van der Waals surface area contributed by atoms with Crippen molar-refractivity contribution in [3.05, 3.63) is 41.7 Å². The molecule has 4 rings (SSSR count). The Bertz CT molecular complexity index is 739. The van der Waals surface area contributed by atoms with Crippen molar-refractivity contribution in [1.82, 2.24) is 20.1 Å². The standard InChI is InChI=1S/C20H27FN4O2/c21-15-5-4-8-17(11-15)27-14-19-23-20(12-18-13-22-9-10-26-18)25(24-19)16-6-2-1-3-7-16/h4-5,8,11,16,18,22H,1-3,6-7,9-10,12-14H2/t18-/m0/s1. The number of hydrogen-bond donors (Lipinski definition) is 1. The highest BCUT2D eigenvalue weighted by Gasteiger charge is 2.24. The lowest BCUT2D eigenvalue weighted by atomic mass is 9.95. The number of benzene rings is 1. The van der Waals surface area contributed by atoms with Crippen LogP contribution in [0.4, 0.5) is 4.39 Å². The highest BCUT2D eigenvalue weighted by Crippen LogP contribution is 2.29. The number of ether oxygens (including phenoxy) is 2. The summed E-state index contributed by atoms with van der Waals surface area (Å²) in [5, 5.41) is 8.12. The number of nitrogens with one attached hydrogen (secondary N) is 1. The van der Waals surface area contributed by atoms with Gasteiger partial charge in [-0.2, -0.15) is 5.10 Å². The molecule has 0 amide bonds. The van der Waals surface area contributed by atoms with Gasteiger partial charge in [0.1, 0.15) is 24.0 Å². The van der Waals surface area contributed by atoms with Crippen molar-refractivity contribution < 1.29 is 13.9 Å². The summed E-state index contributed by atoms with van der Waals surface area (Å²) >= 11 is 0. The van der Waals surface area contributed by atoms with Gasteiger partial charge in [-0.15, -0.1) is 0 Å². The van der Waals surface area contributed by atoms with Gasteiger partial charge in [-0.25, -0.2) is 14.1 Å². The molecule has 1 aromatic carbocycles. The minimum atomic E-state index is -0.309. The third-order valence-electron chi connectivity index (χ3n) is 5.24. The molecule has 7 heteroatoms. The number of halogens is 1. The number of rotatable bonds is 6. The summed E-state index contributed by atoms with van der Waals surface area (Å²) in [6.07, 6.45) is 6.93. The Balaban J connectivity index is 1.49. The lowest BCUT2D eigenvalue weighted by Gasteiger charge is -2.26. The van der Waals surface area contributed by atoms with Crippen molar-refractivity contribution in [2.45, 2.75) is 57.3 Å². The van der Waals surface area contributed by atoms with E-state index in [4.69, 9.17) is 19.6 Å². The quantitative estimate of drug-likeness (QED) is 0.842. The Labute approximate surface area is 159 Å². The molecule has 0 bridgehead atoms. The maximum absolute atomic E-state index is 13.3. The average Bonchev–Trinajstić information content (AvgIpc) is 3.11. The fourth-order valence-electron chi connectivity index (χ4n) is 3.88. The minimum absolute atomic E-state index is 0.127. The summed E-state index contributed by atoms with van der Waals surface area (Å²) in [5.74, 6) is 1.79. The van der Waals surface area contributed by atoms with E-state index in [1.807, 2.05) is 0 Å². The van der Waals surface area contributed by atoms with Crippen LogP contribution in [-0.4, -0.2) is 40.6 Å². The summed E-state index contributed by atoms with van der Waals surface area (Å²) in [7, 11) is 0. The molecule has 1 atom stereocenters. The fourth-order valence-corrected chi connectivity index (χ4v) is 3.88. The van der Waals surface area contributed by atoms with Crippen LogP contribution in [0.5, 0.6) is 5.75 Å². The van der Waals surface area contributed by atoms with Crippen LogP contribution in [0.3, 0.4) is 0 Å². The Kier molecular flexibility index (Phi) is 5.99. The second-order valence-electron chi connectivity index (χ2n) is 7.33. The monoisotopic (exact) mass is 374 g/mol. The van der Waals surface area contributed by atoms with E-state index in [9.17, 15) is 4.39 Å². The van der Waals surface area contributed by atoms with Crippen molar-refractivity contribution >= 4 is 0 Å². The van der Waals surface area contributed by atoms with Crippen LogP contribution < -0.4 is 10.1 Å². The van der Waals surface area contributed by atoms with Crippen LogP contribution >= 0.6 is 0 Å². The van der Waals surface area contributed by atoms with E-state index in [2.05, 4.69) is 10.00 Å². The first kappa shape index (κ1) is 18.4. The number of aromatic nitrogens is 3. The van der Waals surface area contributed by atoms with E-state index in [0.717, 1.165) is 44.8 Å². The molecular formula is C20H27FN4O2. The molecule has 2 heterocycles. The Hall–Kier alpha value is -1.99. The number of hydrogen-bond acceptors (Lipinski definition) is 5. The Morgan fingerprint density at radius 3 is 2.93 bits per heavy atom. The first-order chi connectivity index (χ1) is 13.3. The van der Waals surface area contributed by atoms with Crippen LogP contribution in [0.1, 0.15) is 49.8 Å². The second-order valence-corrected chi connectivity index (χ2v) is 7.33. The number of morpholine rings is 1. The predicted octanol–water partition coefficient (Wildman–Crippen LogP) is 3.03. The highest BCUT2D eigenvalue weighted by atomic mass is 19.1. The normalized spacial score (nSPS) is 21.3. The number of nitrogens with zero attached hydrogens (tertiary/aromatic N) is 3. The summed E-state index contributed by atoms with van der Waals surface area (Å²) in [6.45, 7) is 2.71. The molecule has 6 nitrogen and oxygen atoms in total. The second kappa shape index (κ2) is 8.80. The topological polar surface area (TPSA) is 61.2 Å². The molecule has 0 spiro atoms. The lowest BCUT2D eigenvalue weighted by molar-refractivity contribution is 0.0270. The summed E-state index contributed by atoms with van der Waals surface area (Å²) < 4.78 is 27.0. The molecule has 1 saturated carbocycles. The van der Waals surface area contributed by atoms with Crippen LogP contribution in [-0.2, 0) is 17.8 Å². The molecule has 2 aromatic rings. The van der Waals surface area contributed by atoms with Crippen molar-refractivity contribution in [3.8, 4) is 5.75 Å². The smallest absolute Gasteiger partial charge is 0.188 e. The molecule has 1 N–H and O–H groups in total. The largest absolute Gasteiger partial charge is 0.485 e. The zero-order valence-electron chi connectivity index (χ0n) is 15.6. The first-order valence-electron chi connectivity index (χ1n) is 9.93. The third-order valence-corrected chi connectivity index (χ3v) is 5.24. The Morgan fingerprint density at radius 2 is 2.15 bits per heavy atom.